The summed E-state index contributed by atoms with van der Waals surface area (Å²) in [6, 6.07) is 36.9. The standard InChI is InChI=1S/C31H40N6O2.C29H36N6O2.C26H24N4O2/c1-21-3-4-22(31(38)35-24-5-6-24)15-30(21)23-17-33-37(20-23)28-16-26(18-32-19-28)34-25-11-13-36(14-12-25)27-7-9-29(39-2)10-8-27;1-20-4-5-21(29(36)33-23-6-7-23)13-28(20)22-15-31-35(18-22)27-14-25(16-30-17-27)32-24-8-10-34(11-9-24)26-3-2-12-37-19-26;1-18-7-8-20(26(31)29-22-9-10-22)11-25(18)21-13-28-30(16-21)23-12-24(15-27-14-23)32-17-19-5-3-2-4-6-19/h3-4,15-20,24-25,27,29,34H,5-14H2,1-2H3,(H,35,38);4-5,13-18,23-24,26,32H,2-3,6-12,19H2,1H3,(H,33,36);2-8,11-16,22H,9-10,17H2,1H3,(H,29,31). The molecule has 108 heavy (non-hydrogen) atoms. The number of benzene rings is 4. The molecule has 3 saturated heterocycles. The van der Waals surface area contributed by atoms with Crippen molar-refractivity contribution in [2.45, 2.75) is 179 Å². The normalized spacial score (nSPS) is 19.2. The number of anilines is 2. The van der Waals surface area contributed by atoms with Crippen LogP contribution in [0.4, 0.5) is 11.4 Å². The second-order valence-corrected chi connectivity index (χ2v) is 30.3. The largest absolute Gasteiger partial charge is 0.487 e. The van der Waals surface area contributed by atoms with Crippen molar-refractivity contribution in [3.8, 4) is 56.2 Å². The number of ether oxygens (including phenoxy) is 3. The molecule has 22 nitrogen and oxygen atoms in total. The van der Waals surface area contributed by atoms with E-state index in [-0.39, 0.29) is 17.7 Å². The number of pyridine rings is 3. The summed E-state index contributed by atoms with van der Waals surface area (Å²) in [7, 11) is 1.84. The highest BCUT2D eigenvalue weighted by molar-refractivity contribution is 5.97. The summed E-state index contributed by atoms with van der Waals surface area (Å²) in [5.74, 6) is 0.655. The summed E-state index contributed by atoms with van der Waals surface area (Å²) in [6.07, 6.45) is 41.2. The van der Waals surface area contributed by atoms with Gasteiger partial charge in [-0.3, -0.25) is 34.2 Å². The molecule has 22 heteroatoms. The van der Waals surface area contributed by atoms with Crippen LogP contribution in [0.3, 0.4) is 0 Å². The lowest BCUT2D eigenvalue weighted by atomic mass is 9.90. The fourth-order valence-electron chi connectivity index (χ4n) is 15.1. The van der Waals surface area contributed by atoms with Crippen LogP contribution in [0.25, 0.3) is 50.4 Å². The Bertz CT molecular complexity index is 4700. The van der Waals surface area contributed by atoms with Gasteiger partial charge in [0.1, 0.15) is 12.4 Å². The molecule has 10 aromatic rings. The first-order valence-corrected chi connectivity index (χ1v) is 38.9. The van der Waals surface area contributed by atoms with Crippen LogP contribution in [-0.4, -0.2) is 167 Å². The number of rotatable bonds is 22. The van der Waals surface area contributed by atoms with Crippen LogP contribution in [0.15, 0.2) is 177 Å². The predicted molar refractivity (Wildman–Crippen MR) is 420 cm³/mol. The van der Waals surface area contributed by atoms with Gasteiger partial charge in [-0.1, -0.05) is 48.5 Å². The molecule has 1 atom stereocenters. The van der Waals surface area contributed by atoms with Crippen molar-refractivity contribution in [1.82, 2.24) is 70.0 Å². The minimum Gasteiger partial charge on any atom is -0.487 e. The van der Waals surface area contributed by atoms with Crippen LogP contribution in [0.5, 0.6) is 5.75 Å². The van der Waals surface area contributed by atoms with Crippen LogP contribution in [0, 0.1) is 20.8 Å². The van der Waals surface area contributed by atoms with Crippen LogP contribution < -0.4 is 31.3 Å². The molecule has 1 unspecified atom stereocenters. The van der Waals surface area contributed by atoms with E-state index in [1.165, 1.54) is 38.5 Å². The average molecular weight is 1450 g/mol. The number of carbonyl (C=O) groups is 3. The quantitative estimate of drug-likeness (QED) is 0.0424. The third-order valence-electron chi connectivity index (χ3n) is 22.1. The fraction of sp³-hybridized carbons (Fsp3) is 0.407. The summed E-state index contributed by atoms with van der Waals surface area (Å²) in [5.41, 5.74) is 17.1. The molecule has 4 saturated carbocycles. The van der Waals surface area contributed by atoms with Gasteiger partial charge in [0.15, 0.2) is 0 Å². The number of hydrogen-bond acceptors (Lipinski definition) is 16. The number of carbonyl (C=O) groups excluding carboxylic acids is 3. The van der Waals surface area contributed by atoms with Gasteiger partial charge in [0.25, 0.3) is 17.7 Å². The van der Waals surface area contributed by atoms with Crippen molar-refractivity contribution in [2.24, 2.45) is 0 Å². The molecule has 0 bridgehead atoms. The van der Waals surface area contributed by atoms with Gasteiger partial charge >= 0.3 is 0 Å². The summed E-state index contributed by atoms with van der Waals surface area (Å²) in [4.78, 5) is 56.2. The van der Waals surface area contributed by atoms with E-state index in [1.807, 2.05) is 176 Å². The number of hydrogen-bond donors (Lipinski definition) is 5. The van der Waals surface area contributed by atoms with E-state index < -0.39 is 0 Å². The number of nitrogens with one attached hydrogen (secondary N) is 5. The van der Waals surface area contributed by atoms with Gasteiger partial charge in [-0.2, -0.15) is 15.3 Å². The van der Waals surface area contributed by atoms with E-state index in [2.05, 4.69) is 92.6 Å². The number of nitrogens with zero attached hydrogens (tertiary/aromatic N) is 11. The zero-order valence-electron chi connectivity index (χ0n) is 62.5. The predicted octanol–water partition coefficient (Wildman–Crippen LogP) is 13.9. The van der Waals surface area contributed by atoms with E-state index in [0.717, 1.165) is 188 Å². The molecule has 3 amide bonds. The molecule has 3 aliphatic heterocycles. The maximum absolute atomic E-state index is 12.6. The van der Waals surface area contributed by atoms with E-state index in [0.29, 0.717) is 77.4 Å². The van der Waals surface area contributed by atoms with Crippen molar-refractivity contribution in [2.75, 3.05) is 57.1 Å². The first kappa shape index (κ1) is 73.1. The lowest BCUT2D eigenvalue weighted by Gasteiger charge is -2.40. The number of likely N-dealkylation sites (tertiary alicyclic amines) is 2. The van der Waals surface area contributed by atoms with E-state index >= 15 is 0 Å². The van der Waals surface area contributed by atoms with Crippen molar-refractivity contribution < 1.29 is 28.6 Å². The second-order valence-electron chi connectivity index (χ2n) is 30.3. The maximum atomic E-state index is 12.6. The molecule has 0 spiro atoms. The second kappa shape index (κ2) is 34.2. The van der Waals surface area contributed by atoms with E-state index in [4.69, 9.17) is 14.2 Å². The summed E-state index contributed by atoms with van der Waals surface area (Å²) in [5, 5.41) is 30.4. The monoisotopic (exact) mass is 1450 g/mol. The zero-order chi connectivity index (χ0) is 73.9. The van der Waals surface area contributed by atoms with Crippen molar-refractivity contribution in [1.29, 1.82) is 0 Å². The van der Waals surface area contributed by atoms with Crippen molar-refractivity contribution >= 4 is 29.1 Å². The lowest BCUT2D eigenvalue weighted by Crippen LogP contribution is -2.47. The van der Waals surface area contributed by atoms with Gasteiger partial charge in [-0.15, -0.1) is 0 Å². The Morgan fingerprint density at radius 2 is 0.870 bits per heavy atom. The topological polar surface area (TPSA) is 238 Å². The van der Waals surface area contributed by atoms with E-state index in [9.17, 15) is 14.4 Å². The lowest BCUT2D eigenvalue weighted by molar-refractivity contribution is 0.00988. The number of aromatic nitrogens is 9. The Morgan fingerprint density at radius 1 is 0.444 bits per heavy atom. The highest BCUT2D eigenvalue weighted by Gasteiger charge is 2.32. The third-order valence-corrected chi connectivity index (χ3v) is 22.1. The van der Waals surface area contributed by atoms with Crippen molar-refractivity contribution in [3.63, 3.8) is 0 Å². The summed E-state index contributed by atoms with van der Waals surface area (Å²) < 4.78 is 22.6. The highest BCUT2D eigenvalue weighted by atomic mass is 16.5. The molecule has 4 aromatic carbocycles. The Hall–Kier alpha value is -10.4. The Kier molecular flexibility index (Phi) is 23.2. The zero-order valence-corrected chi connectivity index (χ0v) is 62.5. The third kappa shape index (κ3) is 19.1. The minimum atomic E-state index is -0.0198. The number of aryl methyl sites for hydroxylation is 3. The molecular formula is C86H100N16O6. The number of methoxy groups -OCH3 is 1. The first-order valence-electron chi connectivity index (χ1n) is 38.9. The minimum absolute atomic E-state index is 0.00146. The van der Waals surface area contributed by atoms with Gasteiger partial charge in [0, 0.05) is 140 Å². The molecule has 5 N–H and O–H groups in total. The SMILES string of the molecule is COC1CCC(N2CCC(Nc3cncc(-n4cc(-c5cc(C(=O)NC6CC6)ccc5C)cn4)c3)CC2)CC1.Cc1ccc(C(=O)NC2CC2)cc1-c1cnn(-c2cncc(NC3CCN(C4CCCOC4)CC3)c2)c1.Cc1ccc(C(=O)NC2CC2)cc1-c1cnn(-c2cncc(OCc3ccccc3)c2)c1. The molecular weight excluding hydrogens is 1350 g/mol. The number of amides is 3. The molecule has 9 heterocycles. The Balaban J connectivity index is 0.000000130. The smallest absolute Gasteiger partial charge is 0.251 e. The van der Waals surface area contributed by atoms with Crippen molar-refractivity contribution in [3.05, 3.63) is 216 Å². The van der Waals surface area contributed by atoms with Gasteiger partial charge < -0.3 is 45.7 Å². The summed E-state index contributed by atoms with van der Waals surface area (Å²) >= 11 is 0. The molecule has 7 fully saturated rings. The molecule has 4 aliphatic carbocycles. The molecule has 7 aliphatic rings. The Labute approximate surface area is 632 Å². The van der Waals surface area contributed by atoms with Gasteiger partial charge in [-0.05, 0) is 211 Å². The van der Waals surface area contributed by atoms with Crippen LogP contribution in [0.2, 0.25) is 0 Å². The Morgan fingerprint density at radius 3 is 1.29 bits per heavy atom. The molecule has 560 valence electrons. The van der Waals surface area contributed by atoms with Crippen LogP contribution >= 0.6 is 0 Å². The van der Waals surface area contributed by atoms with Gasteiger partial charge in [0.2, 0.25) is 0 Å². The molecule has 17 rings (SSSR count). The molecule has 0 radical (unpaired) electrons. The molecule has 6 aromatic heterocycles. The number of piperidine rings is 2. The van der Waals surface area contributed by atoms with Crippen LogP contribution in [-0.2, 0) is 16.1 Å². The average Bonchev–Trinajstić information content (AvgIpc) is 1.68. The fourth-order valence-corrected chi connectivity index (χ4v) is 15.1. The summed E-state index contributed by atoms with van der Waals surface area (Å²) in [6.45, 7) is 13.0. The van der Waals surface area contributed by atoms with E-state index in [1.54, 1.807) is 17.1 Å². The highest BCUT2D eigenvalue weighted by Crippen LogP contribution is 2.34. The maximum Gasteiger partial charge on any atom is 0.251 e. The van der Waals surface area contributed by atoms with Gasteiger partial charge in [0.05, 0.1) is 96.9 Å². The van der Waals surface area contributed by atoms with Crippen LogP contribution in [0.1, 0.15) is 156 Å². The van der Waals surface area contributed by atoms with Gasteiger partial charge in [-0.25, -0.2) is 14.0 Å². The first-order chi connectivity index (χ1) is 52.8.